The lowest BCUT2D eigenvalue weighted by atomic mass is 9.96. The lowest BCUT2D eigenvalue weighted by Crippen LogP contribution is -2.45. The Morgan fingerprint density at radius 3 is 1.58 bits per heavy atom. The average Bonchev–Trinajstić information content (AvgIpc) is 4.00. The molecule has 7 rings (SSSR count). The van der Waals surface area contributed by atoms with Gasteiger partial charge in [0.1, 0.15) is 24.0 Å². The van der Waals surface area contributed by atoms with Crippen LogP contribution in [0.1, 0.15) is 84.0 Å². The fourth-order valence-corrected chi connectivity index (χ4v) is 7.41. The lowest BCUT2D eigenvalue weighted by Gasteiger charge is -2.30. The monoisotopic (exact) mass is 699 g/mol. The van der Waals surface area contributed by atoms with Gasteiger partial charge in [0.25, 0.3) is 0 Å². The SMILES string of the molecule is CC(C)[C@H](C)C(=O)N1CCC[C@H]1c1ncc(-c2ccc(-c3ccc(-c4cnc([C@@H]5CCCN5C(=O)[C@@H](Nc5cncnc5)C(C)C)[nH]4)cc3)cc2)[nH]1. The Hall–Kier alpha value is -5.32. The number of carbonyl (C=O) groups excluding carboxylic acids is 2. The van der Waals surface area contributed by atoms with Crippen LogP contribution in [-0.4, -0.2) is 70.6 Å². The molecule has 11 heteroatoms. The van der Waals surface area contributed by atoms with Crippen molar-refractivity contribution in [3.05, 3.63) is 91.3 Å². The third-order valence-electron chi connectivity index (χ3n) is 10.8. The molecule has 2 fully saturated rings. The van der Waals surface area contributed by atoms with Gasteiger partial charge in [0.2, 0.25) is 11.8 Å². The van der Waals surface area contributed by atoms with Crippen molar-refractivity contribution in [3.8, 4) is 33.6 Å². The van der Waals surface area contributed by atoms with Crippen LogP contribution in [-0.2, 0) is 9.59 Å². The molecule has 0 saturated carbocycles. The molecule has 2 aliphatic rings. The van der Waals surface area contributed by atoms with Gasteiger partial charge < -0.3 is 25.1 Å². The molecule has 3 aromatic heterocycles. The maximum absolute atomic E-state index is 13.8. The van der Waals surface area contributed by atoms with Gasteiger partial charge in [0.05, 0.1) is 53.9 Å². The van der Waals surface area contributed by atoms with Crippen LogP contribution in [0.5, 0.6) is 0 Å². The Morgan fingerprint density at radius 2 is 1.12 bits per heavy atom. The number of aromatic nitrogens is 6. The maximum atomic E-state index is 13.8. The summed E-state index contributed by atoms with van der Waals surface area (Å²) in [6.07, 6.45) is 12.3. The van der Waals surface area contributed by atoms with Gasteiger partial charge in [-0.3, -0.25) is 9.59 Å². The van der Waals surface area contributed by atoms with Crippen LogP contribution in [0.3, 0.4) is 0 Å². The minimum absolute atomic E-state index is 0.00107. The molecule has 0 spiro atoms. The van der Waals surface area contributed by atoms with Gasteiger partial charge in [-0.05, 0) is 59.8 Å². The van der Waals surface area contributed by atoms with E-state index in [2.05, 4.69) is 87.6 Å². The molecule has 4 atom stereocenters. The number of benzene rings is 2. The van der Waals surface area contributed by atoms with E-state index >= 15 is 0 Å². The number of nitrogens with one attached hydrogen (secondary N) is 3. The van der Waals surface area contributed by atoms with Crippen LogP contribution < -0.4 is 5.32 Å². The van der Waals surface area contributed by atoms with E-state index < -0.39 is 6.04 Å². The Kier molecular flexibility index (Phi) is 10.2. The molecule has 270 valence electrons. The first-order chi connectivity index (χ1) is 25.2. The first kappa shape index (κ1) is 35.1. The van der Waals surface area contributed by atoms with Crippen LogP contribution in [0.25, 0.3) is 33.6 Å². The van der Waals surface area contributed by atoms with E-state index in [1.165, 1.54) is 6.33 Å². The number of imidazole rings is 2. The molecule has 5 heterocycles. The number of rotatable bonds is 11. The first-order valence-electron chi connectivity index (χ1n) is 18.6. The van der Waals surface area contributed by atoms with E-state index in [1.807, 2.05) is 43.0 Å². The molecule has 0 unspecified atom stereocenters. The number of hydrogen-bond acceptors (Lipinski definition) is 7. The molecule has 5 aromatic rings. The highest BCUT2D eigenvalue weighted by atomic mass is 16.2. The number of carbonyl (C=O) groups is 2. The van der Waals surface area contributed by atoms with Crippen LogP contribution in [0.4, 0.5) is 5.69 Å². The zero-order valence-corrected chi connectivity index (χ0v) is 30.7. The topological polar surface area (TPSA) is 136 Å². The summed E-state index contributed by atoms with van der Waals surface area (Å²) in [6, 6.07) is 16.5. The van der Waals surface area contributed by atoms with E-state index in [9.17, 15) is 9.59 Å². The van der Waals surface area contributed by atoms with Gasteiger partial charge in [-0.25, -0.2) is 19.9 Å². The summed E-state index contributed by atoms with van der Waals surface area (Å²) in [5, 5.41) is 3.35. The van der Waals surface area contributed by atoms with Crippen molar-refractivity contribution in [2.24, 2.45) is 17.8 Å². The zero-order chi connectivity index (χ0) is 36.4. The molecule has 2 aliphatic heterocycles. The maximum Gasteiger partial charge on any atom is 0.245 e. The number of H-pyrrole nitrogens is 2. The van der Waals surface area contributed by atoms with Gasteiger partial charge in [0, 0.05) is 19.0 Å². The van der Waals surface area contributed by atoms with Crippen LogP contribution >= 0.6 is 0 Å². The summed E-state index contributed by atoms with van der Waals surface area (Å²) in [4.78, 5) is 55.6. The summed E-state index contributed by atoms with van der Waals surface area (Å²) >= 11 is 0. The van der Waals surface area contributed by atoms with E-state index in [0.29, 0.717) is 12.5 Å². The smallest absolute Gasteiger partial charge is 0.245 e. The fraction of sp³-hybridized carbons (Fsp3) is 0.415. The molecule has 11 nitrogen and oxygen atoms in total. The quantitative estimate of drug-likeness (QED) is 0.129. The predicted octanol–water partition coefficient (Wildman–Crippen LogP) is 7.68. The zero-order valence-electron chi connectivity index (χ0n) is 30.7. The normalized spacial score (nSPS) is 18.7. The Morgan fingerprint density at radius 1 is 0.654 bits per heavy atom. The molecule has 2 saturated heterocycles. The van der Waals surface area contributed by atoms with E-state index in [4.69, 9.17) is 9.97 Å². The highest BCUT2D eigenvalue weighted by Gasteiger charge is 2.37. The average molecular weight is 700 g/mol. The second kappa shape index (κ2) is 15.1. The molecule has 3 N–H and O–H groups in total. The molecule has 0 bridgehead atoms. The van der Waals surface area contributed by atoms with Gasteiger partial charge in [-0.1, -0.05) is 83.1 Å². The number of anilines is 1. The van der Waals surface area contributed by atoms with Crippen molar-refractivity contribution < 1.29 is 9.59 Å². The lowest BCUT2D eigenvalue weighted by molar-refractivity contribution is -0.137. The number of hydrogen-bond donors (Lipinski definition) is 3. The summed E-state index contributed by atoms with van der Waals surface area (Å²) < 4.78 is 0. The molecular weight excluding hydrogens is 651 g/mol. The van der Waals surface area contributed by atoms with Crippen LogP contribution in [0.15, 0.2) is 79.6 Å². The highest BCUT2D eigenvalue weighted by molar-refractivity contribution is 5.85. The first-order valence-corrected chi connectivity index (χ1v) is 18.6. The molecular formula is C41H49N9O2. The number of aromatic amines is 2. The number of likely N-dealkylation sites (tertiary alicyclic amines) is 2. The fourth-order valence-electron chi connectivity index (χ4n) is 7.41. The molecule has 0 aliphatic carbocycles. The van der Waals surface area contributed by atoms with Crippen LogP contribution in [0.2, 0.25) is 0 Å². The Bertz CT molecular complexity index is 1970. The second-order valence-corrected chi connectivity index (χ2v) is 14.9. The standard InChI is InChI=1S/C41H49N9O2/c1-25(2)27(5)40(51)49-18-6-8-35(49)38-44-22-33(47-38)30-14-10-28(11-15-30)29-12-16-31(17-13-29)34-23-45-39(48-34)36-9-7-19-50(36)41(52)37(26(3)4)46-32-20-42-24-43-21-32/h10-17,20-27,35-37,46H,6-9,18-19H2,1-5H3,(H,44,47)(H,45,48)/t27-,35-,36-,37-/m0/s1. The summed E-state index contributed by atoms with van der Waals surface area (Å²) in [7, 11) is 0. The summed E-state index contributed by atoms with van der Waals surface area (Å²) in [6.45, 7) is 11.8. The molecule has 2 amide bonds. The largest absolute Gasteiger partial charge is 0.371 e. The summed E-state index contributed by atoms with van der Waals surface area (Å²) in [5.41, 5.74) is 6.93. The summed E-state index contributed by atoms with van der Waals surface area (Å²) in [5.74, 6) is 2.34. The Labute approximate surface area is 305 Å². The van der Waals surface area contributed by atoms with Gasteiger partial charge in [-0.2, -0.15) is 0 Å². The molecule has 2 aromatic carbocycles. The van der Waals surface area contributed by atoms with Crippen molar-refractivity contribution in [2.75, 3.05) is 18.4 Å². The minimum Gasteiger partial charge on any atom is -0.371 e. The number of nitrogens with zero attached hydrogens (tertiary/aromatic N) is 6. The molecule has 52 heavy (non-hydrogen) atoms. The van der Waals surface area contributed by atoms with Crippen molar-refractivity contribution >= 4 is 17.5 Å². The van der Waals surface area contributed by atoms with Crippen LogP contribution in [0, 0.1) is 17.8 Å². The van der Waals surface area contributed by atoms with Gasteiger partial charge in [-0.15, -0.1) is 0 Å². The van der Waals surface area contributed by atoms with Gasteiger partial charge >= 0.3 is 0 Å². The highest BCUT2D eigenvalue weighted by Crippen LogP contribution is 2.35. The molecule has 0 radical (unpaired) electrons. The van der Waals surface area contributed by atoms with Crippen molar-refractivity contribution in [2.45, 2.75) is 78.4 Å². The van der Waals surface area contributed by atoms with E-state index in [1.54, 1.807) is 12.4 Å². The van der Waals surface area contributed by atoms with Crippen molar-refractivity contribution in [1.82, 2.24) is 39.7 Å². The predicted molar refractivity (Wildman–Crippen MR) is 203 cm³/mol. The van der Waals surface area contributed by atoms with E-state index in [-0.39, 0.29) is 35.7 Å². The second-order valence-electron chi connectivity index (χ2n) is 14.9. The van der Waals surface area contributed by atoms with Crippen molar-refractivity contribution in [3.63, 3.8) is 0 Å². The third kappa shape index (κ3) is 7.22. The van der Waals surface area contributed by atoms with Crippen molar-refractivity contribution in [1.29, 1.82) is 0 Å². The third-order valence-corrected chi connectivity index (χ3v) is 10.8. The van der Waals surface area contributed by atoms with Gasteiger partial charge in [0.15, 0.2) is 0 Å². The Balaban J connectivity index is 1.00. The van der Waals surface area contributed by atoms with E-state index in [0.717, 1.165) is 83.2 Å². The minimum atomic E-state index is -0.391. The number of amides is 2.